The Bertz CT molecular complexity index is 723. The van der Waals surface area contributed by atoms with Gasteiger partial charge in [-0.25, -0.2) is 8.42 Å². The van der Waals surface area contributed by atoms with Crippen LogP contribution in [0.2, 0.25) is 0 Å². The highest BCUT2D eigenvalue weighted by atomic mass is 79.9. The molecular weight excluding hydrogens is 425 g/mol. The lowest BCUT2D eigenvalue weighted by Gasteiger charge is -2.34. The molecule has 0 aliphatic carbocycles. The number of carbonyl (C=O) groups excluding carboxylic acids is 1. The first kappa shape index (κ1) is 20.2. The van der Waals surface area contributed by atoms with Crippen LogP contribution < -0.4 is 0 Å². The Morgan fingerprint density at radius 3 is 2.48 bits per heavy atom. The third kappa shape index (κ3) is 4.95. The summed E-state index contributed by atoms with van der Waals surface area (Å²) in [6, 6.07) is 5.89. The molecule has 1 fully saturated rings. The molecule has 1 amide bonds. The Kier molecular flexibility index (Phi) is 6.16. The summed E-state index contributed by atoms with van der Waals surface area (Å²) in [6.07, 6.45) is -4.12. The molecule has 0 radical (unpaired) electrons. The van der Waals surface area contributed by atoms with Crippen molar-refractivity contribution in [1.82, 2.24) is 9.21 Å². The number of hydrogen-bond acceptors (Lipinski definition) is 3. The van der Waals surface area contributed by atoms with Gasteiger partial charge in [0.2, 0.25) is 15.9 Å². The van der Waals surface area contributed by atoms with Gasteiger partial charge in [0.1, 0.15) is 0 Å². The summed E-state index contributed by atoms with van der Waals surface area (Å²) in [4.78, 5) is 13.4. The first-order valence-electron chi connectivity index (χ1n) is 7.58. The summed E-state index contributed by atoms with van der Waals surface area (Å²) in [6.45, 7) is -0.713. The van der Waals surface area contributed by atoms with Crippen molar-refractivity contribution in [3.8, 4) is 0 Å². The Labute approximate surface area is 153 Å². The van der Waals surface area contributed by atoms with E-state index in [1.54, 1.807) is 12.1 Å². The molecule has 10 heteroatoms. The summed E-state index contributed by atoms with van der Waals surface area (Å²) in [7, 11) is -2.65. The first-order valence-corrected chi connectivity index (χ1v) is 9.81. The molecule has 0 aromatic heterocycles. The number of hydrogen-bond donors (Lipinski definition) is 0. The molecule has 0 bridgehead atoms. The number of likely N-dealkylation sites (N-methyl/N-ethyl adjacent to an activating group) is 1. The quantitative estimate of drug-likeness (QED) is 0.720. The van der Waals surface area contributed by atoms with Crippen LogP contribution in [0.5, 0.6) is 0 Å². The van der Waals surface area contributed by atoms with Crippen molar-refractivity contribution in [2.45, 2.75) is 23.9 Å². The summed E-state index contributed by atoms with van der Waals surface area (Å²) in [5.74, 6) is -2.18. The van der Waals surface area contributed by atoms with Crippen LogP contribution in [0, 0.1) is 5.92 Å². The van der Waals surface area contributed by atoms with Crippen molar-refractivity contribution in [2.24, 2.45) is 5.92 Å². The van der Waals surface area contributed by atoms with E-state index in [2.05, 4.69) is 15.9 Å². The van der Waals surface area contributed by atoms with Crippen molar-refractivity contribution < 1.29 is 26.4 Å². The predicted molar refractivity (Wildman–Crippen MR) is 89.3 cm³/mol. The molecule has 1 aromatic rings. The minimum Gasteiger partial charge on any atom is -0.341 e. The summed E-state index contributed by atoms with van der Waals surface area (Å²) in [5, 5.41) is 0. The number of piperidine rings is 1. The van der Waals surface area contributed by atoms with Crippen LogP contribution in [0.3, 0.4) is 0 Å². The summed E-state index contributed by atoms with van der Waals surface area (Å²) < 4.78 is 65.0. The number of nitrogens with zero attached hydrogens (tertiary/aromatic N) is 2. The molecule has 2 rings (SSSR count). The van der Waals surface area contributed by atoms with E-state index in [0.29, 0.717) is 4.47 Å². The van der Waals surface area contributed by atoms with Gasteiger partial charge >= 0.3 is 6.18 Å². The van der Waals surface area contributed by atoms with Crippen molar-refractivity contribution in [3.63, 3.8) is 0 Å². The van der Waals surface area contributed by atoms with Crippen molar-refractivity contribution in [3.05, 3.63) is 28.7 Å². The number of halogens is 4. The van der Waals surface area contributed by atoms with E-state index in [0.717, 1.165) is 9.21 Å². The molecule has 0 saturated carbocycles. The SMILES string of the molecule is CN(CC(=O)N1CCC[C@H](C(F)(F)F)C1)S(=O)(=O)c1ccc(Br)cc1. The molecule has 140 valence electrons. The third-order valence-electron chi connectivity index (χ3n) is 4.12. The van der Waals surface area contributed by atoms with E-state index in [1.807, 2.05) is 0 Å². The second-order valence-corrected chi connectivity index (χ2v) is 8.90. The molecule has 1 aliphatic rings. The number of benzene rings is 1. The Hall–Kier alpha value is -1.13. The first-order chi connectivity index (χ1) is 11.5. The lowest BCUT2D eigenvalue weighted by Crippen LogP contribution is -2.48. The van der Waals surface area contributed by atoms with E-state index in [4.69, 9.17) is 0 Å². The van der Waals surface area contributed by atoms with Gasteiger partial charge in [0, 0.05) is 24.6 Å². The van der Waals surface area contributed by atoms with E-state index >= 15 is 0 Å². The molecular formula is C15H18BrF3N2O3S. The highest BCUT2D eigenvalue weighted by Crippen LogP contribution is 2.33. The van der Waals surface area contributed by atoms with E-state index < -0.39 is 41.1 Å². The molecule has 1 aliphatic heterocycles. The minimum absolute atomic E-state index is 0.0119. The molecule has 1 aromatic carbocycles. The van der Waals surface area contributed by atoms with Gasteiger partial charge in [0.15, 0.2) is 0 Å². The minimum atomic E-state index is -4.35. The van der Waals surface area contributed by atoms with Crippen molar-refractivity contribution >= 4 is 31.9 Å². The molecule has 0 unspecified atom stereocenters. The van der Waals surface area contributed by atoms with Crippen LogP contribution in [-0.2, 0) is 14.8 Å². The number of rotatable bonds is 4. The normalized spacial score (nSPS) is 19.3. The van der Waals surface area contributed by atoms with Gasteiger partial charge in [-0.1, -0.05) is 15.9 Å². The number of alkyl halides is 3. The second-order valence-electron chi connectivity index (χ2n) is 5.94. The maximum absolute atomic E-state index is 12.8. The molecule has 1 saturated heterocycles. The van der Waals surface area contributed by atoms with E-state index in [9.17, 15) is 26.4 Å². The highest BCUT2D eigenvalue weighted by Gasteiger charge is 2.42. The molecule has 1 heterocycles. The highest BCUT2D eigenvalue weighted by molar-refractivity contribution is 9.10. The number of likely N-dealkylation sites (tertiary alicyclic amines) is 1. The standard InChI is InChI=1S/C15H18BrF3N2O3S/c1-20(25(23,24)13-6-4-12(16)5-7-13)10-14(22)21-8-2-3-11(9-21)15(17,18)19/h4-7,11H,2-3,8-10H2,1H3/t11-/m0/s1. The average Bonchev–Trinajstić information content (AvgIpc) is 2.54. The van der Waals surface area contributed by atoms with Crippen LogP contribution in [0.25, 0.3) is 0 Å². The molecule has 5 nitrogen and oxygen atoms in total. The van der Waals surface area contributed by atoms with Crippen LogP contribution in [0.15, 0.2) is 33.6 Å². The van der Waals surface area contributed by atoms with Gasteiger partial charge < -0.3 is 4.90 Å². The zero-order valence-corrected chi connectivity index (χ0v) is 15.9. The fraction of sp³-hybridized carbons (Fsp3) is 0.533. The molecule has 25 heavy (non-hydrogen) atoms. The Morgan fingerprint density at radius 2 is 1.92 bits per heavy atom. The van der Waals surface area contributed by atoms with Gasteiger partial charge in [0.05, 0.1) is 17.4 Å². The largest absolute Gasteiger partial charge is 0.393 e. The average molecular weight is 443 g/mol. The fourth-order valence-corrected chi connectivity index (χ4v) is 4.02. The Balaban J connectivity index is 2.05. The lowest BCUT2D eigenvalue weighted by atomic mass is 9.97. The van der Waals surface area contributed by atoms with Crippen LogP contribution >= 0.6 is 15.9 Å². The maximum Gasteiger partial charge on any atom is 0.393 e. The van der Waals surface area contributed by atoms with Gasteiger partial charge in [-0.2, -0.15) is 17.5 Å². The van der Waals surface area contributed by atoms with Crippen molar-refractivity contribution in [2.75, 3.05) is 26.7 Å². The van der Waals surface area contributed by atoms with Crippen LogP contribution in [0.4, 0.5) is 13.2 Å². The Morgan fingerprint density at radius 1 is 1.32 bits per heavy atom. The lowest BCUT2D eigenvalue weighted by molar-refractivity contribution is -0.188. The van der Waals surface area contributed by atoms with Crippen LogP contribution in [0.1, 0.15) is 12.8 Å². The molecule has 0 spiro atoms. The second kappa shape index (κ2) is 7.63. The third-order valence-corrected chi connectivity index (χ3v) is 6.46. The van der Waals surface area contributed by atoms with Gasteiger partial charge in [0.25, 0.3) is 0 Å². The summed E-state index contributed by atoms with van der Waals surface area (Å²) in [5.41, 5.74) is 0. The monoisotopic (exact) mass is 442 g/mol. The number of amides is 1. The molecule has 0 N–H and O–H groups in total. The topological polar surface area (TPSA) is 57.7 Å². The van der Waals surface area contributed by atoms with Gasteiger partial charge in [-0.3, -0.25) is 4.79 Å². The number of sulfonamides is 1. The summed E-state index contributed by atoms with van der Waals surface area (Å²) >= 11 is 3.20. The number of carbonyl (C=O) groups is 1. The van der Waals surface area contributed by atoms with Gasteiger partial charge in [-0.05, 0) is 37.1 Å². The van der Waals surface area contributed by atoms with E-state index in [1.165, 1.54) is 19.2 Å². The van der Waals surface area contributed by atoms with Crippen molar-refractivity contribution in [1.29, 1.82) is 0 Å². The zero-order valence-electron chi connectivity index (χ0n) is 13.5. The smallest absolute Gasteiger partial charge is 0.341 e. The zero-order chi connectivity index (χ0) is 18.8. The predicted octanol–water partition coefficient (Wildman–Crippen LogP) is 2.87. The molecule has 1 atom stereocenters. The van der Waals surface area contributed by atoms with Crippen LogP contribution in [-0.4, -0.2) is 56.4 Å². The maximum atomic E-state index is 12.8. The van der Waals surface area contributed by atoms with E-state index in [-0.39, 0.29) is 24.3 Å². The fourth-order valence-electron chi connectivity index (χ4n) is 2.63. The van der Waals surface area contributed by atoms with Gasteiger partial charge in [-0.15, -0.1) is 0 Å².